The molecule has 0 bridgehead atoms. The van der Waals surface area contributed by atoms with E-state index < -0.39 is 0 Å². The Balaban J connectivity index is 1.64. The second-order valence-corrected chi connectivity index (χ2v) is 7.45. The standard InChI is InChI=1S/C22H21Cl2N3O2/c1-14-6-4-5-7-20(14)27-15(2)10-17(16(27)3)12-25-26-22(28)13-29-21-9-8-18(23)11-19(21)24/h4-12H,13H2,1-3H3,(H,26,28)/b25-12+. The number of aromatic nitrogens is 1. The van der Waals surface area contributed by atoms with Gasteiger partial charge in [0.15, 0.2) is 6.61 Å². The van der Waals surface area contributed by atoms with Crippen LogP contribution in [0.15, 0.2) is 53.6 Å². The van der Waals surface area contributed by atoms with Gasteiger partial charge in [-0.1, -0.05) is 41.4 Å². The van der Waals surface area contributed by atoms with E-state index >= 15 is 0 Å². The number of rotatable bonds is 6. The van der Waals surface area contributed by atoms with Gasteiger partial charge in [0.1, 0.15) is 5.75 Å². The fourth-order valence-electron chi connectivity index (χ4n) is 3.04. The molecule has 0 aliphatic heterocycles. The number of amides is 1. The third-order valence-electron chi connectivity index (χ3n) is 4.47. The minimum Gasteiger partial charge on any atom is -0.482 e. The Morgan fingerprint density at radius 1 is 1.14 bits per heavy atom. The summed E-state index contributed by atoms with van der Waals surface area (Å²) in [5.41, 5.74) is 7.83. The molecule has 0 radical (unpaired) electrons. The fraction of sp³-hybridized carbons (Fsp3) is 0.182. The molecule has 0 spiro atoms. The van der Waals surface area contributed by atoms with Crippen LogP contribution in [-0.2, 0) is 4.79 Å². The Bertz CT molecular complexity index is 1070. The van der Waals surface area contributed by atoms with Gasteiger partial charge in [-0.2, -0.15) is 5.10 Å². The highest BCUT2D eigenvalue weighted by Gasteiger charge is 2.11. The summed E-state index contributed by atoms with van der Waals surface area (Å²) in [6.07, 6.45) is 1.63. The van der Waals surface area contributed by atoms with E-state index in [1.807, 2.05) is 32.0 Å². The molecule has 3 rings (SSSR count). The van der Waals surface area contributed by atoms with E-state index in [0.29, 0.717) is 15.8 Å². The molecule has 5 nitrogen and oxygen atoms in total. The average molecular weight is 430 g/mol. The molecule has 7 heteroatoms. The maximum absolute atomic E-state index is 12.0. The predicted octanol–water partition coefficient (Wildman–Crippen LogP) is 5.24. The zero-order valence-corrected chi connectivity index (χ0v) is 17.9. The third kappa shape index (κ3) is 5.00. The number of hydrazone groups is 1. The van der Waals surface area contributed by atoms with Crippen LogP contribution < -0.4 is 10.2 Å². The number of ether oxygens (including phenoxy) is 1. The number of carbonyl (C=O) groups excluding carboxylic acids is 1. The minimum absolute atomic E-state index is 0.207. The van der Waals surface area contributed by atoms with Crippen LogP contribution in [-0.4, -0.2) is 23.3 Å². The molecular weight excluding hydrogens is 409 g/mol. The Morgan fingerprint density at radius 3 is 2.62 bits per heavy atom. The number of hydrogen-bond acceptors (Lipinski definition) is 3. The van der Waals surface area contributed by atoms with Crippen molar-refractivity contribution in [2.24, 2.45) is 5.10 Å². The van der Waals surface area contributed by atoms with Gasteiger partial charge in [0.25, 0.3) is 5.91 Å². The highest BCUT2D eigenvalue weighted by Crippen LogP contribution is 2.27. The van der Waals surface area contributed by atoms with Crippen molar-refractivity contribution in [3.8, 4) is 11.4 Å². The summed E-state index contributed by atoms with van der Waals surface area (Å²) in [6.45, 7) is 5.93. The number of halogens is 2. The van der Waals surface area contributed by atoms with Crippen molar-refractivity contribution in [2.75, 3.05) is 6.61 Å². The summed E-state index contributed by atoms with van der Waals surface area (Å²) in [5.74, 6) is -0.00282. The van der Waals surface area contributed by atoms with Crippen LogP contribution in [0.1, 0.15) is 22.5 Å². The van der Waals surface area contributed by atoms with Crippen LogP contribution >= 0.6 is 23.2 Å². The predicted molar refractivity (Wildman–Crippen MR) is 118 cm³/mol. The lowest BCUT2D eigenvalue weighted by Crippen LogP contribution is -2.24. The molecule has 0 aliphatic rings. The Kier molecular flexibility index (Phi) is 6.62. The van der Waals surface area contributed by atoms with Crippen molar-refractivity contribution in [1.29, 1.82) is 0 Å². The summed E-state index contributed by atoms with van der Waals surface area (Å²) in [5, 5.41) is 4.89. The third-order valence-corrected chi connectivity index (χ3v) is 5.00. The largest absolute Gasteiger partial charge is 0.482 e. The van der Waals surface area contributed by atoms with Crippen molar-refractivity contribution in [3.05, 3.63) is 81.1 Å². The molecule has 1 N–H and O–H groups in total. The van der Waals surface area contributed by atoms with Gasteiger partial charge in [-0.25, -0.2) is 5.43 Å². The number of hydrogen-bond donors (Lipinski definition) is 1. The van der Waals surface area contributed by atoms with Gasteiger partial charge < -0.3 is 9.30 Å². The minimum atomic E-state index is -0.389. The van der Waals surface area contributed by atoms with E-state index in [1.165, 1.54) is 5.56 Å². The van der Waals surface area contributed by atoms with Gasteiger partial charge >= 0.3 is 0 Å². The first-order chi connectivity index (χ1) is 13.9. The highest BCUT2D eigenvalue weighted by molar-refractivity contribution is 6.35. The van der Waals surface area contributed by atoms with E-state index in [4.69, 9.17) is 27.9 Å². The molecule has 2 aromatic carbocycles. The van der Waals surface area contributed by atoms with Crippen LogP contribution in [0.2, 0.25) is 10.0 Å². The SMILES string of the molecule is Cc1ccccc1-n1c(C)cc(/C=N/NC(=O)COc2ccc(Cl)cc2Cl)c1C. The van der Waals surface area contributed by atoms with Crippen LogP contribution in [0.3, 0.4) is 0 Å². The summed E-state index contributed by atoms with van der Waals surface area (Å²) in [6, 6.07) is 15.0. The molecule has 0 aliphatic carbocycles. The monoisotopic (exact) mass is 429 g/mol. The summed E-state index contributed by atoms with van der Waals surface area (Å²) >= 11 is 11.9. The first-order valence-electron chi connectivity index (χ1n) is 9.01. The fourth-order valence-corrected chi connectivity index (χ4v) is 3.51. The molecule has 1 amide bonds. The maximum Gasteiger partial charge on any atom is 0.277 e. The quantitative estimate of drug-likeness (QED) is 0.430. The van der Waals surface area contributed by atoms with E-state index in [-0.39, 0.29) is 12.5 Å². The lowest BCUT2D eigenvalue weighted by atomic mass is 10.2. The Labute approximate surface area is 179 Å². The molecule has 0 saturated heterocycles. The van der Waals surface area contributed by atoms with Crippen molar-refractivity contribution in [2.45, 2.75) is 20.8 Å². The zero-order valence-electron chi connectivity index (χ0n) is 16.4. The second-order valence-electron chi connectivity index (χ2n) is 6.60. The molecule has 0 fully saturated rings. The molecule has 0 atom stereocenters. The molecular formula is C22H21Cl2N3O2. The molecule has 150 valence electrons. The zero-order chi connectivity index (χ0) is 21.0. The molecule has 29 heavy (non-hydrogen) atoms. The lowest BCUT2D eigenvalue weighted by molar-refractivity contribution is -0.123. The molecule has 1 aromatic heterocycles. The van der Waals surface area contributed by atoms with Crippen molar-refractivity contribution < 1.29 is 9.53 Å². The molecule has 1 heterocycles. The number of benzene rings is 2. The average Bonchev–Trinajstić information content (AvgIpc) is 2.95. The molecule has 0 saturated carbocycles. The number of para-hydroxylation sites is 1. The van der Waals surface area contributed by atoms with Crippen LogP contribution in [0.5, 0.6) is 5.75 Å². The van der Waals surface area contributed by atoms with Gasteiger partial charge in [0, 0.05) is 27.7 Å². The van der Waals surface area contributed by atoms with E-state index in [0.717, 1.165) is 22.6 Å². The first kappa shape index (κ1) is 21.0. The van der Waals surface area contributed by atoms with Gasteiger partial charge in [0.2, 0.25) is 0 Å². The normalized spacial score (nSPS) is 11.1. The number of nitrogens with zero attached hydrogens (tertiary/aromatic N) is 2. The maximum atomic E-state index is 12.0. The van der Waals surface area contributed by atoms with Crippen molar-refractivity contribution in [3.63, 3.8) is 0 Å². The number of carbonyl (C=O) groups is 1. The topological polar surface area (TPSA) is 55.6 Å². The van der Waals surface area contributed by atoms with E-state index in [2.05, 4.69) is 34.2 Å². The smallest absolute Gasteiger partial charge is 0.277 e. The Hall–Kier alpha value is -2.76. The highest BCUT2D eigenvalue weighted by atomic mass is 35.5. The number of nitrogens with one attached hydrogen (secondary N) is 1. The van der Waals surface area contributed by atoms with E-state index in [9.17, 15) is 4.79 Å². The summed E-state index contributed by atoms with van der Waals surface area (Å²) in [4.78, 5) is 12.0. The lowest BCUT2D eigenvalue weighted by Gasteiger charge is -2.12. The summed E-state index contributed by atoms with van der Waals surface area (Å²) in [7, 11) is 0. The van der Waals surface area contributed by atoms with Crippen molar-refractivity contribution in [1.82, 2.24) is 9.99 Å². The molecule has 3 aromatic rings. The summed E-state index contributed by atoms with van der Waals surface area (Å²) < 4.78 is 7.56. The molecule has 0 unspecified atom stereocenters. The number of aryl methyl sites for hydroxylation is 2. The van der Waals surface area contributed by atoms with Crippen LogP contribution in [0.25, 0.3) is 5.69 Å². The van der Waals surface area contributed by atoms with Gasteiger partial charge in [-0.15, -0.1) is 0 Å². The second kappa shape index (κ2) is 9.16. The van der Waals surface area contributed by atoms with E-state index in [1.54, 1.807) is 24.4 Å². The first-order valence-corrected chi connectivity index (χ1v) is 9.77. The van der Waals surface area contributed by atoms with Gasteiger partial charge in [0.05, 0.1) is 11.2 Å². The van der Waals surface area contributed by atoms with Gasteiger partial charge in [-0.05, 0) is 56.7 Å². The van der Waals surface area contributed by atoms with Crippen LogP contribution in [0.4, 0.5) is 0 Å². The van der Waals surface area contributed by atoms with Gasteiger partial charge in [-0.3, -0.25) is 4.79 Å². The Morgan fingerprint density at radius 2 is 1.90 bits per heavy atom. The van der Waals surface area contributed by atoms with Crippen molar-refractivity contribution >= 4 is 35.3 Å². The van der Waals surface area contributed by atoms with Crippen LogP contribution in [0, 0.1) is 20.8 Å².